The third-order valence-corrected chi connectivity index (χ3v) is 5.86. The first kappa shape index (κ1) is 15.4. The Bertz CT molecular complexity index is 905. The standard InChI is InChI=1S/C24H22N2/c1-3-10-20(11-4-1)24(21-12-5-2-6-13-21)16-15-23-25-22-14-8-7-9-19(22)17-26(23)18-24/h1-14H,15-18H2. The molecule has 1 saturated heterocycles. The molecular formula is C24H22N2. The number of aliphatic imine (C=N–C) groups is 1. The predicted molar refractivity (Wildman–Crippen MR) is 107 cm³/mol. The van der Waals surface area contributed by atoms with E-state index in [1.807, 2.05) is 0 Å². The van der Waals surface area contributed by atoms with Gasteiger partial charge in [0.05, 0.1) is 5.69 Å². The first-order valence-corrected chi connectivity index (χ1v) is 9.37. The molecular weight excluding hydrogens is 316 g/mol. The second kappa shape index (κ2) is 6.14. The molecule has 0 N–H and O–H groups in total. The Hall–Kier alpha value is -2.87. The van der Waals surface area contributed by atoms with Gasteiger partial charge in [-0.2, -0.15) is 0 Å². The Morgan fingerprint density at radius 2 is 1.35 bits per heavy atom. The van der Waals surface area contributed by atoms with Crippen molar-refractivity contribution in [1.29, 1.82) is 0 Å². The molecule has 2 heteroatoms. The van der Waals surface area contributed by atoms with E-state index in [-0.39, 0.29) is 5.41 Å². The second-order valence-corrected chi connectivity index (χ2v) is 7.33. The highest BCUT2D eigenvalue weighted by Gasteiger charge is 2.41. The van der Waals surface area contributed by atoms with Crippen LogP contribution < -0.4 is 0 Å². The largest absolute Gasteiger partial charge is 0.354 e. The van der Waals surface area contributed by atoms with Crippen molar-refractivity contribution in [2.24, 2.45) is 4.99 Å². The van der Waals surface area contributed by atoms with E-state index in [0.29, 0.717) is 0 Å². The van der Waals surface area contributed by atoms with E-state index in [1.165, 1.54) is 22.5 Å². The molecule has 5 rings (SSSR count). The Kier molecular flexibility index (Phi) is 3.63. The van der Waals surface area contributed by atoms with Crippen LogP contribution in [0.1, 0.15) is 29.5 Å². The summed E-state index contributed by atoms with van der Waals surface area (Å²) in [6.07, 6.45) is 2.11. The predicted octanol–water partition coefficient (Wildman–Crippen LogP) is 5.31. The van der Waals surface area contributed by atoms with Crippen LogP contribution in [-0.2, 0) is 12.0 Å². The van der Waals surface area contributed by atoms with Gasteiger partial charge in [-0.1, -0.05) is 78.9 Å². The number of piperidine rings is 1. The molecule has 0 aliphatic carbocycles. The van der Waals surface area contributed by atoms with E-state index in [0.717, 1.165) is 31.6 Å². The summed E-state index contributed by atoms with van der Waals surface area (Å²) in [5, 5.41) is 0. The molecule has 0 radical (unpaired) electrons. The smallest absolute Gasteiger partial charge is 0.105 e. The van der Waals surface area contributed by atoms with Crippen molar-refractivity contribution in [1.82, 2.24) is 4.90 Å². The van der Waals surface area contributed by atoms with Crippen molar-refractivity contribution >= 4 is 11.5 Å². The summed E-state index contributed by atoms with van der Waals surface area (Å²) in [4.78, 5) is 7.45. The Labute approximate surface area is 154 Å². The van der Waals surface area contributed by atoms with Crippen LogP contribution in [0.15, 0.2) is 89.9 Å². The van der Waals surface area contributed by atoms with Crippen LogP contribution in [0.2, 0.25) is 0 Å². The molecule has 128 valence electrons. The Morgan fingerprint density at radius 1 is 0.731 bits per heavy atom. The third-order valence-electron chi connectivity index (χ3n) is 5.86. The average molecular weight is 338 g/mol. The van der Waals surface area contributed by atoms with E-state index in [4.69, 9.17) is 4.99 Å². The fourth-order valence-corrected chi connectivity index (χ4v) is 4.50. The monoisotopic (exact) mass is 338 g/mol. The number of hydrogen-bond donors (Lipinski definition) is 0. The first-order chi connectivity index (χ1) is 12.9. The van der Waals surface area contributed by atoms with E-state index in [9.17, 15) is 0 Å². The van der Waals surface area contributed by atoms with Crippen molar-refractivity contribution in [2.75, 3.05) is 6.54 Å². The zero-order valence-corrected chi connectivity index (χ0v) is 14.8. The highest BCUT2D eigenvalue weighted by atomic mass is 15.2. The fourth-order valence-electron chi connectivity index (χ4n) is 4.50. The van der Waals surface area contributed by atoms with Crippen molar-refractivity contribution in [3.63, 3.8) is 0 Å². The molecule has 2 nitrogen and oxygen atoms in total. The highest BCUT2D eigenvalue weighted by molar-refractivity contribution is 5.88. The maximum Gasteiger partial charge on any atom is 0.105 e. The van der Waals surface area contributed by atoms with Crippen LogP contribution in [0, 0.1) is 0 Å². The van der Waals surface area contributed by atoms with Gasteiger partial charge in [0.2, 0.25) is 0 Å². The quantitative estimate of drug-likeness (QED) is 0.618. The Balaban J connectivity index is 1.59. The Morgan fingerprint density at radius 3 is 2.04 bits per heavy atom. The first-order valence-electron chi connectivity index (χ1n) is 9.37. The molecule has 0 amide bonds. The molecule has 3 aromatic carbocycles. The van der Waals surface area contributed by atoms with E-state index in [2.05, 4.69) is 89.8 Å². The summed E-state index contributed by atoms with van der Waals surface area (Å²) in [6.45, 7) is 1.94. The summed E-state index contributed by atoms with van der Waals surface area (Å²) >= 11 is 0. The minimum atomic E-state index is 0.0217. The van der Waals surface area contributed by atoms with Crippen LogP contribution in [-0.4, -0.2) is 17.3 Å². The van der Waals surface area contributed by atoms with Gasteiger partial charge in [-0.25, -0.2) is 4.99 Å². The zero-order valence-electron chi connectivity index (χ0n) is 14.8. The molecule has 0 aromatic heterocycles. The van der Waals surface area contributed by atoms with E-state index >= 15 is 0 Å². The lowest BCUT2D eigenvalue weighted by molar-refractivity contribution is 0.272. The lowest BCUT2D eigenvalue weighted by Gasteiger charge is -2.46. The van der Waals surface area contributed by atoms with Crippen LogP contribution in [0.25, 0.3) is 0 Å². The summed E-state index contributed by atoms with van der Waals surface area (Å²) in [5.41, 5.74) is 5.31. The summed E-state index contributed by atoms with van der Waals surface area (Å²) in [7, 11) is 0. The van der Waals surface area contributed by atoms with Gasteiger partial charge >= 0.3 is 0 Å². The van der Waals surface area contributed by atoms with Gasteiger partial charge in [-0.3, -0.25) is 0 Å². The van der Waals surface area contributed by atoms with Crippen molar-refractivity contribution < 1.29 is 0 Å². The highest BCUT2D eigenvalue weighted by Crippen LogP contribution is 2.43. The van der Waals surface area contributed by atoms with E-state index < -0.39 is 0 Å². The van der Waals surface area contributed by atoms with Gasteiger partial charge < -0.3 is 4.90 Å². The van der Waals surface area contributed by atoms with Crippen molar-refractivity contribution in [2.45, 2.75) is 24.8 Å². The topological polar surface area (TPSA) is 15.6 Å². The minimum absolute atomic E-state index is 0.0217. The number of amidine groups is 1. The normalized spacial score (nSPS) is 17.8. The number of hydrogen-bond acceptors (Lipinski definition) is 2. The SMILES string of the molecule is c1ccc(C2(c3ccccc3)CCC3=Nc4ccccc4CN3C2)cc1. The van der Waals surface area contributed by atoms with Gasteiger partial charge in [0, 0.05) is 24.9 Å². The average Bonchev–Trinajstić information content (AvgIpc) is 2.73. The van der Waals surface area contributed by atoms with Gasteiger partial charge in [-0.15, -0.1) is 0 Å². The van der Waals surface area contributed by atoms with Gasteiger partial charge in [0.1, 0.15) is 5.84 Å². The molecule has 0 unspecified atom stereocenters. The number of rotatable bonds is 2. The van der Waals surface area contributed by atoms with Crippen LogP contribution in [0.5, 0.6) is 0 Å². The van der Waals surface area contributed by atoms with Gasteiger partial charge in [0.25, 0.3) is 0 Å². The summed E-state index contributed by atoms with van der Waals surface area (Å²) in [5.74, 6) is 1.24. The van der Waals surface area contributed by atoms with E-state index in [1.54, 1.807) is 0 Å². The molecule has 1 fully saturated rings. The summed E-state index contributed by atoms with van der Waals surface area (Å²) < 4.78 is 0. The van der Waals surface area contributed by atoms with Crippen molar-refractivity contribution in [3.8, 4) is 0 Å². The fraction of sp³-hybridized carbons (Fsp3) is 0.208. The number of benzene rings is 3. The molecule has 2 heterocycles. The van der Waals surface area contributed by atoms with Crippen LogP contribution in [0.3, 0.4) is 0 Å². The molecule has 3 aromatic rings. The summed E-state index contributed by atoms with van der Waals surface area (Å²) in [6, 6.07) is 30.5. The number of nitrogens with zero attached hydrogens (tertiary/aromatic N) is 2. The lowest BCUT2D eigenvalue weighted by Crippen LogP contribution is -2.50. The molecule has 0 spiro atoms. The maximum atomic E-state index is 4.96. The van der Waals surface area contributed by atoms with Gasteiger partial charge in [0.15, 0.2) is 0 Å². The lowest BCUT2D eigenvalue weighted by atomic mass is 9.69. The molecule has 2 aliphatic heterocycles. The van der Waals surface area contributed by atoms with Gasteiger partial charge in [-0.05, 0) is 29.2 Å². The second-order valence-electron chi connectivity index (χ2n) is 7.33. The van der Waals surface area contributed by atoms with Crippen molar-refractivity contribution in [3.05, 3.63) is 102 Å². The molecule has 0 saturated carbocycles. The van der Waals surface area contributed by atoms with Crippen LogP contribution in [0.4, 0.5) is 5.69 Å². The number of para-hydroxylation sites is 1. The molecule has 0 atom stereocenters. The number of fused-ring (bicyclic) bond motifs is 2. The molecule has 0 bridgehead atoms. The molecule has 26 heavy (non-hydrogen) atoms. The minimum Gasteiger partial charge on any atom is -0.354 e. The maximum absolute atomic E-state index is 4.96. The zero-order chi connectivity index (χ0) is 17.4. The third kappa shape index (κ3) is 2.45. The molecule has 2 aliphatic rings. The van der Waals surface area contributed by atoms with Crippen LogP contribution >= 0.6 is 0 Å².